The molecule has 1 unspecified atom stereocenters. The first kappa shape index (κ1) is 17.9. The predicted molar refractivity (Wildman–Crippen MR) is 32.9 cm³/mol. The van der Waals surface area contributed by atoms with E-state index in [2.05, 4.69) is 4.52 Å². The van der Waals surface area contributed by atoms with Gasteiger partial charge in [0.1, 0.15) is 6.61 Å². The van der Waals surface area contributed by atoms with Crippen LogP contribution < -0.4 is 59.1 Å². The van der Waals surface area contributed by atoms with Crippen molar-refractivity contribution in [2.75, 3.05) is 6.61 Å². The third-order valence-electron chi connectivity index (χ3n) is 0.700. The van der Waals surface area contributed by atoms with Crippen molar-refractivity contribution in [3.05, 3.63) is 0 Å². The van der Waals surface area contributed by atoms with Crippen molar-refractivity contribution in [3.8, 4) is 0 Å². The summed E-state index contributed by atoms with van der Waals surface area (Å²) in [5.74, 6) is 0. The Morgan fingerprint density at radius 3 is 2.40 bits per heavy atom. The van der Waals surface area contributed by atoms with Crippen LogP contribution in [0.3, 0.4) is 0 Å². The minimum absolute atomic E-state index is 0. The fourth-order valence-electron chi connectivity index (χ4n) is 0.287. The zero-order valence-electron chi connectivity index (χ0n) is 8.83. The van der Waals surface area contributed by atoms with Crippen molar-refractivity contribution in [2.45, 2.75) is 19.8 Å². The molecule has 1 N–H and O–H groups in total. The molecule has 0 radical (unpaired) electrons. The molecule has 52 valence electrons. The summed E-state index contributed by atoms with van der Waals surface area (Å²) < 4.78 is 14.1. The summed E-state index contributed by atoms with van der Waals surface area (Å²) in [4.78, 5) is 8.07. The maximum atomic E-state index is 9.80. The Bertz CT molecular complexity index is 88.7. The Morgan fingerprint density at radius 2 is 2.10 bits per heavy atom. The molecule has 0 rings (SSSR count). The second kappa shape index (κ2) is 13.6. The first-order chi connectivity index (χ1) is 3.77. The van der Waals surface area contributed by atoms with E-state index in [9.17, 15) is 4.57 Å². The van der Waals surface area contributed by atoms with Crippen LogP contribution in [0.5, 0.6) is 0 Å². The zero-order chi connectivity index (χ0) is 6.41. The SMILES string of the molecule is CCCCO[P+](=O)O.[H-].[H-].[Na+].[Na+]. The van der Waals surface area contributed by atoms with Crippen LogP contribution >= 0.6 is 8.25 Å². The third-order valence-corrected chi connectivity index (χ3v) is 1.10. The van der Waals surface area contributed by atoms with Crippen LogP contribution in [0, 0.1) is 0 Å². The van der Waals surface area contributed by atoms with Gasteiger partial charge in [0.05, 0.1) is 0 Å². The Hall–Kier alpha value is 2.02. The first-order valence-corrected chi connectivity index (χ1v) is 3.69. The van der Waals surface area contributed by atoms with E-state index in [1.54, 1.807) is 0 Å². The average molecular weight is 185 g/mol. The molecular weight excluding hydrogens is 173 g/mol. The third kappa shape index (κ3) is 16.5. The van der Waals surface area contributed by atoms with Crippen molar-refractivity contribution in [3.63, 3.8) is 0 Å². The predicted octanol–water partition coefficient (Wildman–Crippen LogP) is -4.31. The standard InChI is InChI=1S/C4H9O3P.2Na.2H/c1-2-3-4-7-8(5)6;;;;/h2-4H2,1H3;;;;/q;2*+1;2*-1/p+1. The number of unbranched alkanes of at least 4 members (excludes halogenated alkanes) is 1. The van der Waals surface area contributed by atoms with Crippen molar-refractivity contribution in [2.24, 2.45) is 0 Å². The van der Waals surface area contributed by atoms with Gasteiger partial charge < -0.3 is 2.85 Å². The number of rotatable bonds is 4. The molecule has 0 aromatic carbocycles. The minimum Gasteiger partial charge on any atom is -1.00 e. The smallest absolute Gasteiger partial charge is 1.00 e. The molecule has 0 bridgehead atoms. The fraction of sp³-hybridized carbons (Fsp3) is 1.00. The molecule has 1 atom stereocenters. The molecule has 10 heavy (non-hydrogen) atoms. The maximum Gasteiger partial charge on any atom is 1.00 e. The second-order valence-corrected chi connectivity index (χ2v) is 2.16. The molecule has 0 aromatic heterocycles. The molecule has 0 amide bonds. The summed E-state index contributed by atoms with van der Waals surface area (Å²) in [6.07, 6.45) is 1.84. The van der Waals surface area contributed by atoms with Crippen LogP contribution in [-0.2, 0) is 9.09 Å². The summed E-state index contributed by atoms with van der Waals surface area (Å²) in [6, 6.07) is 0. The normalized spacial score (nSPS) is 9.20. The van der Waals surface area contributed by atoms with E-state index in [0.717, 1.165) is 12.8 Å². The van der Waals surface area contributed by atoms with Gasteiger partial charge in [-0.05, 0) is 6.42 Å². The Kier molecular flexibility index (Phi) is 24.4. The Balaban J connectivity index is -0.0000000408. The largest absolute Gasteiger partial charge is 1.00 e. The van der Waals surface area contributed by atoms with Crippen molar-refractivity contribution < 1.29 is 76.0 Å². The summed E-state index contributed by atoms with van der Waals surface area (Å²) >= 11 is 0. The van der Waals surface area contributed by atoms with Gasteiger partial charge in [-0.2, -0.15) is 0 Å². The minimum atomic E-state index is -2.36. The number of hydrogen-bond donors (Lipinski definition) is 1. The van der Waals surface area contributed by atoms with E-state index in [0.29, 0.717) is 6.61 Å². The summed E-state index contributed by atoms with van der Waals surface area (Å²) in [6.45, 7) is 2.38. The molecule has 0 aliphatic heterocycles. The number of hydrogen-bond acceptors (Lipinski definition) is 2. The molecule has 0 aliphatic carbocycles. The van der Waals surface area contributed by atoms with Crippen molar-refractivity contribution in [1.29, 1.82) is 0 Å². The van der Waals surface area contributed by atoms with Gasteiger partial charge in [0.2, 0.25) is 0 Å². The summed E-state index contributed by atoms with van der Waals surface area (Å²) in [7, 11) is -2.36. The van der Waals surface area contributed by atoms with Gasteiger partial charge in [0, 0.05) is 4.57 Å². The van der Waals surface area contributed by atoms with E-state index in [1.165, 1.54) is 0 Å². The molecule has 0 fully saturated rings. The average Bonchev–Trinajstić information content (AvgIpc) is 1.66. The molecule has 6 heteroatoms. The Morgan fingerprint density at radius 1 is 1.60 bits per heavy atom. The van der Waals surface area contributed by atoms with Crippen LogP contribution in [0.4, 0.5) is 0 Å². The van der Waals surface area contributed by atoms with Crippen molar-refractivity contribution >= 4 is 8.25 Å². The van der Waals surface area contributed by atoms with E-state index >= 15 is 0 Å². The molecule has 0 aromatic rings. The van der Waals surface area contributed by atoms with Crippen LogP contribution in [0.2, 0.25) is 0 Å². The van der Waals surface area contributed by atoms with E-state index in [4.69, 9.17) is 4.89 Å². The quantitative estimate of drug-likeness (QED) is 0.274. The van der Waals surface area contributed by atoms with Crippen LogP contribution in [-0.4, -0.2) is 11.5 Å². The monoisotopic (exact) mass is 185 g/mol. The van der Waals surface area contributed by atoms with Crippen LogP contribution in [0.1, 0.15) is 22.6 Å². The van der Waals surface area contributed by atoms with Gasteiger partial charge in [-0.15, -0.1) is 9.42 Å². The maximum absolute atomic E-state index is 9.80. The molecule has 3 nitrogen and oxygen atoms in total. The molecule has 0 heterocycles. The van der Waals surface area contributed by atoms with Gasteiger partial charge >= 0.3 is 67.4 Å². The van der Waals surface area contributed by atoms with E-state index in [1.807, 2.05) is 6.92 Å². The zero-order valence-corrected chi connectivity index (χ0v) is 11.7. The van der Waals surface area contributed by atoms with Gasteiger partial charge in [-0.1, -0.05) is 13.3 Å². The van der Waals surface area contributed by atoms with E-state index in [-0.39, 0.29) is 62.0 Å². The first-order valence-electron chi connectivity index (χ1n) is 2.56. The summed E-state index contributed by atoms with van der Waals surface area (Å²) in [5, 5.41) is 0. The van der Waals surface area contributed by atoms with Crippen LogP contribution in [0.15, 0.2) is 0 Å². The van der Waals surface area contributed by atoms with Gasteiger partial charge in [-0.25, -0.2) is 0 Å². The molecule has 0 saturated carbocycles. The van der Waals surface area contributed by atoms with Gasteiger partial charge in [0.15, 0.2) is 0 Å². The molecule has 0 spiro atoms. The van der Waals surface area contributed by atoms with Gasteiger partial charge in [-0.3, -0.25) is 0 Å². The molecule has 0 aliphatic rings. The van der Waals surface area contributed by atoms with E-state index < -0.39 is 8.25 Å². The van der Waals surface area contributed by atoms with Crippen molar-refractivity contribution in [1.82, 2.24) is 0 Å². The summed E-state index contributed by atoms with van der Waals surface area (Å²) in [5.41, 5.74) is 0. The van der Waals surface area contributed by atoms with Gasteiger partial charge in [0.25, 0.3) is 0 Å². The topological polar surface area (TPSA) is 46.5 Å². The van der Waals surface area contributed by atoms with Crippen LogP contribution in [0.25, 0.3) is 0 Å². The Labute approximate surface area is 109 Å². The second-order valence-electron chi connectivity index (χ2n) is 1.42. The molecular formula is C4H12Na2O3P+. The molecule has 0 saturated heterocycles. The fourth-order valence-corrected chi connectivity index (χ4v) is 0.572.